The summed E-state index contributed by atoms with van der Waals surface area (Å²) in [5.74, 6) is -1.33. The summed E-state index contributed by atoms with van der Waals surface area (Å²) in [7, 11) is 0. The molecule has 128 valence electrons. The van der Waals surface area contributed by atoms with Gasteiger partial charge in [0, 0.05) is 12.8 Å². The topological polar surface area (TPSA) is 96.9 Å². The minimum absolute atomic E-state index is 0.115. The predicted octanol–water partition coefficient (Wildman–Crippen LogP) is 1.29. The van der Waals surface area contributed by atoms with E-state index in [1.165, 1.54) is 5.56 Å². The monoisotopic (exact) mass is 331 g/mol. The van der Waals surface area contributed by atoms with Gasteiger partial charge in [-0.2, -0.15) is 5.10 Å². The number of esters is 1. The fourth-order valence-corrected chi connectivity index (χ4v) is 2.24. The van der Waals surface area contributed by atoms with E-state index in [0.29, 0.717) is 0 Å². The molecule has 1 aromatic rings. The van der Waals surface area contributed by atoms with Crippen LogP contribution in [0.5, 0.6) is 0 Å². The molecule has 0 spiro atoms. The standard InChI is InChI=1S/C17H21N3O4/c1-10-4-5-13(8-11(10)2)12(3)18-16(22)9-24-17(23)14-6-7-15(21)20-19-14/h4-5,8,12H,6-7,9H2,1-3H3,(H,18,22)(H,20,21)/t12-/m1/s1. The quantitative estimate of drug-likeness (QED) is 0.795. The lowest BCUT2D eigenvalue weighted by Gasteiger charge is -2.16. The molecule has 0 fully saturated rings. The third kappa shape index (κ3) is 4.65. The molecule has 1 heterocycles. The van der Waals surface area contributed by atoms with Gasteiger partial charge in [0.1, 0.15) is 5.71 Å². The van der Waals surface area contributed by atoms with Crippen LogP contribution in [0.1, 0.15) is 42.5 Å². The van der Waals surface area contributed by atoms with Crippen LogP contribution < -0.4 is 10.7 Å². The van der Waals surface area contributed by atoms with Gasteiger partial charge in [-0.25, -0.2) is 10.2 Å². The molecule has 1 atom stereocenters. The molecule has 24 heavy (non-hydrogen) atoms. The van der Waals surface area contributed by atoms with Crippen molar-refractivity contribution in [2.75, 3.05) is 6.61 Å². The Kier molecular flexibility index (Phi) is 5.68. The van der Waals surface area contributed by atoms with Crippen molar-refractivity contribution < 1.29 is 19.1 Å². The van der Waals surface area contributed by atoms with Gasteiger partial charge >= 0.3 is 5.97 Å². The van der Waals surface area contributed by atoms with Crippen LogP contribution in [-0.2, 0) is 19.1 Å². The van der Waals surface area contributed by atoms with Gasteiger partial charge < -0.3 is 10.1 Å². The molecule has 0 aromatic heterocycles. The summed E-state index contributed by atoms with van der Waals surface area (Å²) in [5, 5.41) is 6.41. The molecule has 0 radical (unpaired) electrons. The highest BCUT2D eigenvalue weighted by Gasteiger charge is 2.20. The highest BCUT2D eigenvalue weighted by atomic mass is 16.5. The van der Waals surface area contributed by atoms with Gasteiger partial charge in [-0.05, 0) is 37.5 Å². The molecule has 0 aliphatic carbocycles. The molecule has 7 nitrogen and oxygen atoms in total. The van der Waals surface area contributed by atoms with Crippen molar-refractivity contribution in [2.24, 2.45) is 5.10 Å². The van der Waals surface area contributed by atoms with Gasteiger partial charge in [0.25, 0.3) is 5.91 Å². The smallest absolute Gasteiger partial charge is 0.355 e. The highest BCUT2D eigenvalue weighted by molar-refractivity contribution is 6.37. The molecular weight excluding hydrogens is 310 g/mol. The van der Waals surface area contributed by atoms with E-state index in [1.54, 1.807) is 0 Å². The van der Waals surface area contributed by atoms with Crippen LogP contribution in [0.2, 0.25) is 0 Å². The third-order valence-electron chi connectivity index (χ3n) is 3.88. The van der Waals surface area contributed by atoms with Gasteiger partial charge in [-0.15, -0.1) is 0 Å². The summed E-state index contributed by atoms with van der Waals surface area (Å²) >= 11 is 0. The Labute approximate surface area is 140 Å². The Morgan fingerprint density at radius 1 is 1.29 bits per heavy atom. The number of aryl methyl sites for hydroxylation is 2. The number of benzene rings is 1. The van der Waals surface area contributed by atoms with Crippen LogP contribution >= 0.6 is 0 Å². The van der Waals surface area contributed by atoms with E-state index in [1.807, 2.05) is 39.0 Å². The van der Waals surface area contributed by atoms with E-state index in [4.69, 9.17) is 4.74 Å². The van der Waals surface area contributed by atoms with Crippen LogP contribution in [0.4, 0.5) is 0 Å². The summed E-state index contributed by atoms with van der Waals surface area (Å²) in [5.41, 5.74) is 5.65. The Morgan fingerprint density at radius 2 is 2.04 bits per heavy atom. The number of carbonyl (C=O) groups is 3. The molecule has 0 saturated heterocycles. The van der Waals surface area contributed by atoms with E-state index < -0.39 is 11.9 Å². The van der Waals surface area contributed by atoms with Gasteiger partial charge in [-0.1, -0.05) is 18.2 Å². The van der Waals surface area contributed by atoms with E-state index in [0.717, 1.165) is 11.1 Å². The van der Waals surface area contributed by atoms with Crippen LogP contribution in [0.3, 0.4) is 0 Å². The largest absolute Gasteiger partial charge is 0.451 e. The number of hydrazone groups is 1. The third-order valence-corrected chi connectivity index (χ3v) is 3.88. The van der Waals surface area contributed by atoms with Crippen LogP contribution in [0.25, 0.3) is 0 Å². The SMILES string of the molecule is Cc1ccc([C@@H](C)NC(=O)COC(=O)C2=NNC(=O)CC2)cc1C. The number of ether oxygens (including phenoxy) is 1. The molecule has 2 N–H and O–H groups in total. The van der Waals surface area contributed by atoms with Gasteiger partial charge in [0.2, 0.25) is 5.91 Å². The van der Waals surface area contributed by atoms with Crippen molar-refractivity contribution in [1.82, 2.24) is 10.7 Å². The minimum Gasteiger partial charge on any atom is -0.451 e. The van der Waals surface area contributed by atoms with Gasteiger partial charge in [-0.3, -0.25) is 9.59 Å². The summed E-state index contributed by atoms with van der Waals surface area (Å²) in [6, 6.07) is 5.79. The molecule has 2 rings (SSSR count). The van der Waals surface area contributed by atoms with Crippen molar-refractivity contribution >= 4 is 23.5 Å². The first kappa shape index (κ1) is 17.7. The second-order valence-electron chi connectivity index (χ2n) is 5.80. The Balaban J connectivity index is 1.83. The first-order valence-electron chi connectivity index (χ1n) is 7.76. The molecule has 1 aliphatic heterocycles. The second-order valence-corrected chi connectivity index (χ2v) is 5.80. The zero-order valence-corrected chi connectivity index (χ0v) is 14.0. The zero-order valence-electron chi connectivity index (χ0n) is 14.0. The molecule has 1 aromatic carbocycles. The van der Waals surface area contributed by atoms with Crippen molar-refractivity contribution in [2.45, 2.75) is 39.7 Å². The second kappa shape index (κ2) is 7.72. The van der Waals surface area contributed by atoms with Crippen LogP contribution in [0, 0.1) is 13.8 Å². The molecule has 2 amide bonds. The highest BCUT2D eigenvalue weighted by Crippen LogP contribution is 2.16. The maximum Gasteiger partial charge on any atom is 0.355 e. The lowest BCUT2D eigenvalue weighted by Crippen LogP contribution is -2.34. The number of hydrogen-bond donors (Lipinski definition) is 2. The number of nitrogens with one attached hydrogen (secondary N) is 2. The predicted molar refractivity (Wildman–Crippen MR) is 88.2 cm³/mol. The Bertz CT molecular complexity index is 697. The molecule has 0 unspecified atom stereocenters. The maximum atomic E-state index is 11.9. The number of rotatable bonds is 5. The molecule has 1 aliphatic rings. The fourth-order valence-electron chi connectivity index (χ4n) is 2.24. The van der Waals surface area contributed by atoms with Gasteiger partial charge in [0.05, 0.1) is 6.04 Å². The maximum absolute atomic E-state index is 11.9. The summed E-state index contributed by atoms with van der Waals surface area (Å²) in [4.78, 5) is 34.6. The van der Waals surface area contributed by atoms with Crippen molar-refractivity contribution in [3.8, 4) is 0 Å². The summed E-state index contributed by atoms with van der Waals surface area (Å²) < 4.78 is 4.93. The Hall–Kier alpha value is -2.70. The van der Waals surface area contributed by atoms with Crippen LogP contribution in [-0.4, -0.2) is 30.1 Å². The van der Waals surface area contributed by atoms with Crippen molar-refractivity contribution in [3.63, 3.8) is 0 Å². The number of carbonyl (C=O) groups excluding carboxylic acids is 3. The first-order chi connectivity index (χ1) is 11.4. The average Bonchev–Trinajstić information content (AvgIpc) is 2.55. The zero-order chi connectivity index (χ0) is 17.7. The number of amides is 2. The van der Waals surface area contributed by atoms with E-state index in [2.05, 4.69) is 15.8 Å². The Morgan fingerprint density at radius 3 is 2.67 bits per heavy atom. The van der Waals surface area contributed by atoms with Gasteiger partial charge in [0.15, 0.2) is 6.61 Å². The molecule has 7 heteroatoms. The molecular formula is C17H21N3O4. The van der Waals surface area contributed by atoms with E-state index in [-0.39, 0.29) is 37.1 Å². The van der Waals surface area contributed by atoms with Crippen LogP contribution in [0.15, 0.2) is 23.3 Å². The first-order valence-corrected chi connectivity index (χ1v) is 7.76. The van der Waals surface area contributed by atoms with E-state index >= 15 is 0 Å². The summed E-state index contributed by atoms with van der Waals surface area (Å²) in [6.45, 7) is 5.52. The number of nitrogens with zero attached hydrogens (tertiary/aromatic N) is 1. The summed E-state index contributed by atoms with van der Waals surface area (Å²) in [6.07, 6.45) is 0.398. The van der Waals surface area contributed by atoms with Crippen molar-refractivity contribution in [1.29, 1.82) is 0 Å². The average molecular weight is 331 g/mol. The minimum atomic E-state index is -0.691. The fraction of sp³-hybridized carbons (Fsp3) is 0.412. The lowest BCUT2D eigenvalue weighted by atomic mass is 10.0. The number of hydrogen-bond acceptors (Lipinski definition) is 5. The normalized spacial score (nSPS) is 15.1. The molecule has 0 bridgehead atoms. The van der Waals surface area contributed by atoms with Crippen molar-refractivity contribution in [3.05, 3.63) is 34.9 Å². The molecule has 0 saturated carbocycles. The van der Waals surface area contributed by atoms with E-state index in [9.17, 15) is 14.4 Å². The lowest BCUT2D eigenvalue weighted by molar-refractivity contribution is -0.142.